The first-order chi connectivity index (χ1) is 16.2. The fraction of sp³-hybridized carbons (Fsp3) is 0.333. The van der Waals surface area contributed by atoms with Crippen LogP contribution in [-0.2, 0) is 14.2 Å². The maximum atomic E-state index is 12.0. The van der Waals surface area contributed by atoms with Crippen LogP contribution in [0.3, 0.4) is 0 Å². The van der Waals surface area contributed by atoms with Crippen molar-refractivity contribution in [2.75, 3.05) is 52.9 Å². The van der Waals surface area contributed by atoms with E-state index in [0.717, 1.165) is 11.1 Å². The standard InChI is InChI=1S/C24H26N2O7/c27-23-19-5-3-17(15-20(19)24(28)26-25-23)1-2-18-4-6-21-22(16-18)33-14-12-31-10-8-29-7-9-30-11-13-32-21/h1-6,15-16H,7-14H2,(H,25,27)(H,26,28)/b2-1+. The number of hydrogen-bond donors (Lipinski definition) is 2. The van der Waals surface area contributed by atoms with Crippen LogP contribution in [0.15, 0.2) is 46.0 Å². The molecule has 0 amide bonds. The summed E-state index contributed by atoms with van der Waals surface area (Å²) in [7, 11) is 0. The Morgan fingerprint density at radius 3 is 1.76 bits per heavy atom. The Morgan fingerprint density at radius 2 is 1.09 bits per heavy atom. The van der Waals surface area contributed by atoms with Gasteiger partial charge in [0.25, 0.3) is 11.1 Å². The van der Waals surface area contributed by atoms with Gasteiger partial charge in [-0.1, -0.05) is 24.3 Å². The molecule has 9 heteroatoms. The number of aromatic amines is 2. The van der Waals surface area contributed by atoms with Crippen LogP contribution in [0.5, 0.6) is 11.5 Å². The lowest BCUT2D eigenvalue weighted by molar-refractivity contribution is 0.00708. The zero-order valence-electron chi connectivity index (χ0n) is 18.1. The summed E-state index contributed by atoms with van der Waals surface area (Å²) in [5, 5.41) is 5.35. The molecule has 0 aliphatic carbocycles. The summed E-state index contributed by atoms with van der Waals surface area (Å²) in [4.78, 5) is 23.9. The lowest BCUT2D eigenvalue weighted by atomic mass is 10.1. The number of rotatable bonds is 2. The molecule has 2 heterocycles. The number of ether oxygens (including phenoxy) is 5. The van der Waals surface area contributed by atoms with Gasteiger partial charge in [-0.05, 0) is 35.4 Å². The first-order valence-electron chi connectivity index (χ1n) is 10.8. The van der Waals surface area contributed by atoms with Gasteiger partial charge in [0.2, 0.25) is 0 Å². The van der Waals surface area contributed by atoms with E-state index in [1.54, 1.807) is 18.2 Å². The number of nitrogens with one attached hydrogen (secondary N) is 2. The van der Waals surface area contributed by atoms with Gasteiger partial charge in [-0.15, -0.1) is 0 Å². The van der Waals surface area contributed by atoms with E-state index in [-0.39, 0.29) is 11.1 Å². The van der Waals surface area contributed by atoms with Gasteiger partial charge in [0, 0.05) is 0 Å². The van der Waals surface area contributed by atoms with Gasteiger partial charge in [-0.2, -0.15) is 0 Å². The van der Waals surface area contributed by atoms with Crippen LogP contribution in [0.1, 0.15) is 11.1 Å². The summed E-state index contributed by atoms with van der Waals surface area (Å²) in [5.74, 6) is 1.23. The fourth-order valence-electron chi connectivity index (χ4n) is 3.32. The molecule has 0 radical (unpaired) electrons. The van der Waals surface area contributed by atoms with Crippen LogP contribution in [0.2, 0.25) is 0 Å². The minimum Gasteiger partial charge on any atom is -0.487 e. The number of benzene rings is 2. The minimum atomic E-state index is -0.342. The van der Waals surface area contributed by atoms with Crippen molar-refractivity contribution in [3.05, 3.63) is 68.2 Å². The quantitative estimate of drug-likeness (QED) is 0.571. The second-order valence-electron chi connectivity index (χ2n) is 7.29. The van der Waals surface area contributed by atoms with Gasteiger partial charge in [-0.25, -0.2) is 0 Å². The predicted octanol–water partition coefficient (Wildman–Crippen LogP) is 2.21. The smallest absolute Gasteiger partial charge is 0.270 e. The van der Waals surface area contributed by atoms with Gasteiger partial charge < -0.3 is 23.7 Å². The molecule has 2 N–H and O–H groups in total. The molecular weight excluding hydrogens is 428 g/mol. The summed E-state index contributed by atoms with van der Waals surface area (Å²) >= 11 is 0. The Labute approximate surface area is 189 Å². The van der Waals surface area contributed by atoms with Crippen LogP contribution in [0.4, 0.5) is 0 Å². The maximum absolute atomic E-state index is 12.0. The number of aromatic nitrogens is 2. The highest BCUT2D eigenvalue weighted by Crippen LogP contribution is 2.29. The van der Waals surface area contributed by atoms with E-state index in [1.165, 1.54) is 0 Å². The molecule has 0 saturated heterocycles. The molecule has 0 spiro atoms. The third kappa shape index (κ3) is 6.32. The molecule has 174 valence electrons. The van der Waals surface area contributed by atoms with Gasteiger partial charge >= 0.3 is 0 Å². The van der Waals surface area contributed by atoms with Gasteiger partial charge in [-0.3, -0.25) is 19.8 Å². The monoisotopic (exact) mass is 454 g/mol. The highest BCUT2D eigenvalue weighted by molar-refractivity contribution is 5.84. The average molecular weight is 454 g/mol. The van der Waals surface area contributed by atoms with E-state index in [9.17, 15) is 9.59 Å². The highest BCUT2D eigenvalue weighted by Gasteiger charge is 2.08. The maximum Gasteiger partial charge on any atom is 0.270 e. The third-order valence-electron chi connectivity index (χ3n) is 4.97. The second kappa shape index (κ2) is 11.5. The SMILES string of the molecule is O=c1[nH][nH]c(=O)c2cc(/C=C/c3ccc4c(c3)OCCOCCOCCOCCO4)ccc12. The summed E-state index contributed by atoms with van der Waals surface area (Å²) < 4.78 is 28.1. The van der Waals surface area contributed by atoms with E-state index in [1.807, 2.05) is 30.4 Å². The summed E-state index contributed by atoms with van der Waals surface area (Å²) in [5.41, 5.74) is 1.01. The molecule has 1 aliphatic rings. The molecule has 1 aliphatic heterocycles. The van der Waals surface area contributed by atoms with Crippen molar-refractivity contribution in [3.8, 4) is 11.5 Å². The molecule has 0 atom stereocenters. The van der Waals surface area contributed by atoms with Crippen LogP contribution in [-0.4, -0.2) is 63.1 Å². The summed E-state index contributed by atoms with van der Waals surface area (Å²) in [6, 6.07) is 10.8. The van der Waals surface area contributed by atoms with Crippen LogP contribution in [0.25, 0.3) is 22.9 Å². The van der Waals surface area contributed by atoms with E-state index >= 15 is 0 Å². The number of hydrogen-bond acceptors (Lipinski definition) is 7. The highest BCUT2D eigenvalue weighted by atomic mass is 16.6. The molecular formula is C24H26N2O7. The van der Waals surface area contributed by atoms with E-state index < -0.39 is 0 Å². The van der Waals surface area contributed by atoms with Gasteiger partial charge in [0.1, 0.15) is 13.2 Å². The first kappa shape index (κ1) is 22.8. The topological polar surface area (TPSA) is 112 Å². The number of fused-ring (bicyclic) bond motifs is 2. The normalized spacial score (nSPS) is 16.4. The first-order valence-corrected chi connectivity index (χ1v) is 10.8. The molecule has 3 aromatic rings. The van der Waals surface area contributed by atoms with Crippen molar-refractivity contribution in [2.45, 2.75) is 0 Å². The van der Waals surface area contributed by atoms with Crippen LogP contribution >= 0.6 is 0 Å². The Hall–Kier alpha value is -3.40. The molecule has 0 fully saturated rings. The zero-order valence-corrected chi connectivity index (χ0v) is 18.1. The molecule has 0 unspecified atom stereocenters. The molecule has 2 aromatic carbocycles. The Morgan fingerprint density at radius 1 is 0.576 bits per heavy atom. The summed E-state index contributed by atoms with van der Waals surface area (Å²) in [6.45, 7) is 3.69. The molecule has 4 rings (SSSR count). The van der Waals surface area contributed by atoms with E-state index in [0.29, 0.717) is 75.1 Å². The van der Waals surface area contributed by atoms with Crippen molar-refractivity contribution in [3.63, 3.8) is 0 Å². The fourth-order valence-corrected chi connectivity index (χ4v) is 3.32. The molecule has 33 heavy (non-hydrogen) atoms. The van der Waals surface area contributed by atoms with E-state index in [4.69, 9.17) is 23.7 Å². The third-order valence-corrected chi connectivity index (χ3v) is 4.97. The predicted molar refractivity (Wildman–Crippen MR) is 124 cm³/mol. The van der Waals surface area contributed by atoms with Gasteiger partial charge in [0.05, 0.1) is 50.4 Å². The van der Waals surface area contributed by atoms with Crippen LogP contribution < -0.4 is 20.6 Å². The largest absolute Gasteiger partial charge is 0.487 e. The second-order valence-corrected chi connectivity index (χ2v) is 7.29. The number of H-pyrrole nitrogens is 2. The molecule has 0 saturated carbocycles. The van der Waals surface area contributed by atoms with Crippen molar-refractivity contribution in [1.29, 1.82) is 0 Å². The Balaban J connectivity index is 1.51. The molecule has 1 aromatic heterocycles. The van der Waals surface area contributed by atoms with Crippen molar-refractivity contribution < 1.29 is 23.7 Å². The average Bonchev–Trinajstić information content (AvgIpc) is 2.84. The van der Waals surface area contributed by atoms with Crippen molar-refractivity contribution in [2.24, 2.45) is 0 Å². The van der Waals surface area contributed by atoms with Crippen molar-refractivity contribution >= 4 is 22.9 Å². The zero-order chi connectivity index (χ0) is 22.9. The van der Waals surface area contributed by atoms with Crippen molar-refractivity contribution in [1.82, 2.24) is 10.2 Å². The van der Waals surface area contributed by atoms with E-state index in [2.05, 4.69) is 10.2 Å². The lowest BCUT2D eigenvalue weighted by Crippen LogP contribution is -2.18. The molecule has 0 bridgehead atoms. The lowest BCUT2D eigenvalue weighted by Gasteiger charge is -2.13. The van der Waals surface area contributed by atoms with Crippen LogP contribution in [0, 0.1) is 0 Å². The van der Waals surface area contributed by atoms with Gasteiger partial charge in [0.15, 0.2) is 11.5 Å². The Kier molecular flexibility index (Phi) is 7.91. The minimum absolute atomic E-state index is 0.332. The Bertz CT molecular complexity index is 1220. The molecule has 9 nitrogen and oxygen atoms in total. The summed E-state index contributed by atoms with van der Waals surface area (Å²) in [6.07, 6.45) is 3.77.